The molecule has 0 aliphatic carbocycles. The molecule has 2 aromatic carbocycles. The second-order valence-electron chi connectivity index (χ2n) is 5.84. The molecule has 0 atom stereocenters. The van der Waals surface area contributed by atoms with Crippen LogP contribution in [-0.2, 0) is 17.8 Å². The Hall–Kier alpha value is -2.02. The maximum atomic E-state index is 12.6. The predicted molar refractivity (Wildman–Crippen MR) is 102 cm³/mol. The molecule has 0 spiro atoms. The highest BCUT2D eigenvalue weighted by molar-refractivity contribution is 6.42. The molecule has 25 heavy (non-hydrogen) atoms. The minimum absolute atomic E-state index is 0.0854. The number of nitrogens with zero attached hydrogens (tertiary/aromatic N) is 2. The van der Waals surface area contributed by atoms with E-state index in [1.54, 1.807) is 18.2 Å². The molecule has 3 nitrogen and oxygen atoms in total. The predicted octanol–water partition coefficient (Wildman–Crippen LogP) is 5.24. The first-order valence-electron chi connectivity index (χ1n) is 8.24. The summed E-state index contributed by atoms with van der Waals surface area (Å²) in [4.78, 5) is 14.5. The Kier molecular flexibility index (Phi) is 7.31. The van der Waals surface area contributed by atoms with Crippen molar-refractivity contribution in [3.63, 3.8) is 0 Å². The first kappa shape index (κ1) is 19.3. The highest BCUT2D eigenvalue weighted by atomic mass is 35.5. The molecule has 0 aliphatic heterocycles. The van der Waals surface area contributed by atoms with Gasteiger partial charge in [0.15, 0.2) is 0 Å². The van der Waals surface area contributed by atoms with Crippen LogP contribution in [0.2, 0.25) is 10.0 Å². The van der Waals surface area contributed by atoms with Crippen LogP contribution in [0.4, 0.5) is 0 Å². The quantitative estimate of drug-likeness (QED) is 0.665. The fraction of sp³-hybridized carbons (Fsp3) is 0.300. The number of nitriles is 1. The van der Waals surface area contributed by atoms with Crippen molar-refractivity contribution >= 4 is 29.1 Å². The van der Waals surface area contributed by atoms with Gasteiger partial charge >= 0.3 is 0 Å². The van der Waals surface area contributed by atoms with Crippen molar-refractivity contribution in [3.8, 4) is 6.07 Å². The van der Waals surface area contributed by atoms with Crippen LogP contribution in [0.1, 0.15) is 36.5 Å². The van der Waals surface area contributed by atoms with E-state index in [1.165, 1.54) is 0 Å². The van der Waals surface area contributed by atoms with Crippen LogP contribution < -0.4 is 0 Å². The molecule has 0 bridgehead atoms. The van der Waals surface area contributed by atoms with Crippen LogP contribution in [0.25, 0.3) is 0 Å². The SMILES string of the molecule is CCCN(Cc1ccc(C#N)cc1)C(=O)CCc1cccc(Cl)c1Cl. The van der Waals surface area contributed by atoms with Crippen LogP contribution in [0.15, 0.2) is 42.5 Å². The lowest BCUT2D eigenvalue weighted by atomic mass is 10.1. The third-order valence-corrected chi connectivity index (χ3v) is 4.80. The topological polar surface area (TPSA) is 44.1 Å². The van der Waals surface area contributed by atoms with Gasteiger partial charge in [0.2, 0.25) is 5.91 Å². The van der Waals surface area contributed by atoms with Gasteiger partial charge in [-0.25, -0.2) is 0 Å². The van der Waals surface area contributed by atoms with Crippen LogP contribution in [0, 0.1) is 11.3 Å². The first-order valence-corrected chi connectivity index (χ1v) is 9.00. The molecular formula is C20H20Cl2N2O. The van der Waals surface area contributed by atoms with Gasteiger partial charge in [-0.3, -0.25) is 4.79 Å². The largest absolute Gasteiger partial charge is 0.338 e. The van der Waals surface area contributed by atoms with Gasteiger partial charge in [0, 0.05) is 19.5 Å². The molecule has 5 heteroatoms. The number of halogens is 2. The Balaban J connectivity index is 2.01. The standard InChI is InChI=1S/C20H20Cl2N2O/c1-2-12-24(14-16-8-6-15(13-23)7-9-16)19(25)11-10-17-4-3-5-18(21)20(17)22/h3-9H,2,10-12,14H2,1H3. The van der Waals surface area contributed by atoms with Crippen molar-refractivity contribution in [2.45, 2.75) is 32.7 Å². The number of carbonyl (C=O) groups is 1. The molecule has 0 fully saturated rings. The number of aryl methyl sites for hydroxylation is 1. The van der Waals surface area contributed by atoms with Crippen LogP contribution in [-0.4, -0.2) is 17.4 Å². The molecule has 130 valence electrons. The van der Waals surface area contributed by atoms with Gasteiger partial charge in [0.1, 0.15) is 0 Å². The van der Waals surface area contributed by atoms with Gasteiger partial charge in [-0.1, -0.05) is 54.4 Å². The van der Waals surface area contributed by atoms with Gasteiger partial charge in [-0.2, -0.15) is 5.26 Å². The molecule has 2 rings (SSSR count). The summed E-state index contributed by atoms with van der Waals surface area (Å²) in [5.41, 5.74) is 2.52. The summed E-state index contributed by atoms with van der Waals surface area (Å²) in [6.45, 7) is 3.29. The second kappa shape index (κ2) is 9.46. The van der Waals surface area contributed by atoms with E-state index in [0.717, 1.165) is 17.5 Å². The van der Waals surface area contributed by atoms with E-state index in [2.05, 4.69) is 6.07 Å². The summed E-state index contributed by atoms with van der Waals surface area (Å²) in [5, 5.41) is 9.90. The van der Waals surface area contributed by atoms with Gasteiger partial charge in [-0.05, 0) is 42.2 Å². The summed E-state index contributed by atoms with van der Waals surface area (Å²) in [5.74, 6) is 0.0854. The zero-order valence-corrected chi connectivity index (χ0v) is 15.6. The third-order valence-electron chi connectivity index (χ3n) is 3.94. The lowest BCUT2D eigenvalue weighted by Crippen LogP contribution is -2.31. The molecule has 0 aliphatic rings. The Morgan fingerprint density at radius 1 is 1.16 bits per heavy atom. The summed E-state index contributed by atoms with van der Waals surface area (Å²) in [6.07, 6.45) is 1.84. The van der Waals surface area contributed by atoms with Gasteiger partial charge < -0.3 is 4.90 Å². The van der Waals surface area contributed by atoms with Crippen molar-refractivity contribution < 1.29 is 4.79 Å². The normalized spacial score (nSPS) is 10.3. The maximum absolute atomic E-state index is 12.6. The molecular weight excluding hydrogens is 355 g/mol. The Morgan fingerprint density at radius 2 is 1.88 bits per heavy atom. The Bertz CT molecular complexity index is 766. The van der Waals surface area contributed by atoms with E-state index in [-0.39, 0.29) is 5.91 Å². The Labute approximate surface area is 158 Å². The molecule has 0 N–H and O–H groups in total. The van der Waals surface area contributed by atoms with Crippen molar-refractivity contribution in [2.24, 2.45) is 0 Å². The van der Waals surface area contributed by atoms with E-state index >= 15 is 0 Å². The van der Waals surface area contributed by atoms with Gasteiger partial charge in [-0.15, -0.1) is 0 Å². The van der Waals surface area contributed by atoms with E-state index in [9.17, 15) is 4.79 Å². The van der Waals surface area contributed by atoms with Crippen molar-refractivity contribution in [2.75, 3.05) is 6.54 Å². The highest BCUT2D eigenvalue weighted by Gasteiger charge is 2.14. The van der Waals surface area contributed by atoms with Crippen LogP contribution >= 0.6 is 23.2 Å². The van der Waals surface area contributed by atoms with Crippen LogP contribution in [0.3, 0.4) is 0 Å². The minimum Gasteiger partial charge on any atom is -0.338 e. The summed E-state index contributed by atoms with van der Waals surface area (Å²) >= 11 is 12.2. The summed E-state index contributed by atoms with van der Waals surface area (Å²) < 4.78 is 0. The molecule has 0 unspecified atom stereocenters. The van der Waals surface area contributed by atoms with E-state index in [4.69, 9.17) is 28.5 Å². The fourth-order valence-corrected chi connectivity index (χ4v) is 3.02. The number of hydrogen-bond donors (Lipinski definition) is 0. The van der Waals surface area contributed by atoms with Crippen molar-refractivity contribution in [3.05, 3.63) is 69.2 Å². The smallest absolute Gasteiger partial charge is 0.223 e. The summed E-state index contributed by atoms with van der Waals surface area (Å²) in [6, 6.07) is 14.9. The average Bonchev–Trinajstić information content (AvgIpc) is 2.63. The molecule has 0 saturated carbocycles. The molecule has 0 saturated heterocycles. The van der Waals surface area contributed by atoms with E-state index < -0.39 is 0 Å². The first-order chi connectivity index (χ1) is 12.0. The zero-order valence-electron chi connectivity index (χ0n) is 14.1. The monoisotopic (exact) mass is 374 g/mol. The fourth-order valence-electron chi connectivity index (χ4n) is 2.61. The maximum Gasteiger partial charge on any atom is 0.223 e. The summed E-state index contributed by atoms with van der Waals surface area (Å²) in [7, 11) is 0. The highest BCUT2D eigenvalue weighted by Crippen LogP contribution is 2.26. The third kappa shape index (κ3) is 5.49. The molecule has 0 radical (unpaired) electrons. The van der Waals surface area contributed by atoms with Crippen molar-refractivity contribution in [1.29, 1.82) is 5.26 Å². The van der Waals surface area contributed by atoms with Crippen molar-refractivity contribution in [1.82, 2.24) is 4.90 Å². The van der Waals surface area contributed by atoms with Gasteiger partial charge in [0.25, 0.3) is 0 Å². The zero-order chi connectivity index (χ0) is 18.2. The molecule has 2 aromatic rings. The minimum atomic E-state index is 0.0854. The lowest BCUT2D eigenvalue weighted by Gasteiger charge is -2.22. The number of benzene rings is 2. The number of carbonyl (C=O) groups excluding carboxylic acids is 1. The number of amides is 1. The second-order valence-corrected chi connectivity index (χ2v) is 6.62. The number of hydrogen-bond acceptors (Lipinski definition) is 2. The number of rotatable bonds is 7. The lowest BCUT2D eigenvalue weighted by molar-refractivity contribution is -0.131. The Morgan fingerprint density at radius 3 is 2.52 bits per heavy atom. The molecule has 0 heterocycles. The molecule has 1 amide bonds. The van der Waals surface area contributed by atoms with E-state index in [1.807, 2.05) is 36.1 Å². The van der Waals surface area contributed by atoms with Gasteiger partial charge in [0.05, 0.1) is 21.7 Å². The average molecular weight is 375 g/mol. The molecule has 0 aromatic heterocycles. The van der Waals surface area contributed by atoms with Crippen LogP contribution in [0.5, 0.6) is 0 Å². The van der Waals surface area contributed by atoms with E-state index in [0.29, 0.717) is 41.5 Å².